The van der Waals surface area contributed by atoms with Crippen LogP contribution >= 0.6 is 0 Å². The molecule has 29 heavy (non-hydrogen) atoms. The number of amides is 1. The zero-order valence-electron chi connectivity index (χ0n) is 17.0. The molecular formula is C23H28N2O4. The number of esters is 1. The predicted molar refractivity (Wildman–Crippen MR) is 111 cm³/mol. The van der Waals surface area contributed by atoms with Crippen molar-refractivity contribution in [2.75, 3.05) is 26.7 Å². The van der Waals surface area contributed by atoms with Crippen LogP contribution in [0, 0.1) is 0 Å². The lowest BCUT2D eigenvalue weighted by Crippen LogP contribution is -2.63. The van der Waals surface area contributed by atoms with Crippen LogP contribution in [0.25, 0.3) is 0 Å². The molecule has 0 radical (unpaired) electrons. The summed E-state index contributed by atoms with van der Waals surface area (Å²) < 4.78 is 4.71. The second-order valence-corrected chi connectivity index (χ2v) is 7.87. The first kappa shape index (κ1) is 20.9. The quantitative estimate of drug-likeness (QED) is 0.760. The van der Waals surface area contributed by atoms with Crippen molar-refractivity contribution in [2.24, 2.45) is 0 Å². The summed E-state index contributed by atoms with van der Waals surface area (Å²) in [5.74, 6) is -0.251. The maximum Gasteiger partial charge on any atom is 0.407 e. The number of methoxy groups -OCH3 is 1. The number of hydrogen-bond donors (Lipinski definition) is 1. The molecule has 1 aliphatic rings. The molecule has 1 atom stereocenters. The molecule has 3 rings (SSSR count). The number of carbonyl (C=O) groups is 2. The Hall–Kier alpha value is -2.86. The Morgan fingerprint density at radius 3 is 2.28 bits per heavy atom. The zero-order valence-corrected chi connectivity index (χ0v) is 17.0. The number of benzene rings is 2. The van der Waals surface area contributed by atoms with Gasteiger partial charge in [0.15, 0.2) is 0 Å². The molecule has 6 heteroatoms. The van der Waals surface area contributed by atoms with Gasteiger partial charge in [-0.25, -0.2) is 4.79 Å². The van der Waals surface area contributed by atoms with Crippen LogP contribution in [0.15, 0.2) is 54.6 Å². The highest BCUT2D eigenvalue weighted by Gasteiger charge is 2.40. The number of hydrogen-bond acceptors (Lipinski definition) is 4. The molecule has 0 spiro atoms. The molecule has 0 aromatic heterocycles. The molecule has 0 bridgehead atoms. The normalized spacial score (nSPS) is 19.7. The third-order valence-corrected chi connectivity index (χ3v) is 5.52. The van der Waals surface area contributed by atoms with Gasteiger partial charge in [0.1, 0.15) is 0 Å². The molecule has 1 N–H and O–H groups in total. The van der Waals surface area contributed by atoms with Crippen LogP contribution in [0.2, 0.25) is 0 Å². The van der Waals surface area contributed by atoms with Gasteiger partial charge in [0, 0.05) is 26.2 Å². The summed E-state index contributed by atoms with van der Waals surface area (Å²) in [5.41, 5.74) is 2.71. The number of carbonyl (C=O) groups excluding carboxylic acids is 1. The number of carboxylic acid groups (broad SMARTS) is 1. The summed E-state index contributed by atoms with van der Waals surface area (Å²) in [6.07, 6.45) is 0.0769. The largest absolute Gasteiger partial charge is 0.469 e. The lowest BCUT2D eigenvalue weighted by Gasteiger charge is -2.48. The minimum absolute atomic E-state index is 0.251. The highest BCUT2D eigenvalue weighted by Crippen LogP contribution is 2.27. The molecular weight excluding hydrogens is 368 g/mol. The van der Waals surface area contributed by atoms with Crippen molar-refractivity contribution in [1.29, 1.82) is 0 Å². The summed E-state index contributed by atoms with van der Waals surface area (Å²) in [6, 6.07) is 18.0. The first-order valence-electron chi connectivity index (χ1n) is 9.81. The van der Waals surface area contributed by atoms with Gasteiger partial charge < -0.3 is 14.7 Å². The van der Waals surface area contributed by atoms with Crippen LogP contribution in [0.3, 0.4) is 0 Å². The monoisotopic (exact) mass is 396 g/mol. The average Bonchev–Trinajstić information content (AvgIpc) is 2.69. The van der Waals surface area contributed by atoms with E-state index in [2.05, 4.69) is 4.90 Å². The van der Waals surface area contributed by atoms with Gasteiger partial charge in [-0.1, -0.05) is 54.6 Å². The lowest BCUT2D eigenvalue weighted by molar-refractivity contribution is -0.139. The number of rotatable bonds is 6. The van der Waals surface area contributed by atoms with Crippen molar-refractivity contribution in [2.45, 2.75) is 31.8 Å². The average molecular weight is 396 g/mol. The lowest BCUT2D eigenvalue weighted by atomic mass is 9.88. The first-order valence-corrected chi connectivity index (χ1v) is 9.81. The van der Waals surface area contributed by atoms with Gasteiger partial charge in [0.25, 0.3) is 0 Å². The summed E-state index contributed by atoms with van der Waals surface area (Å²) in [6.45, 7) is 4.62. The minimum atomic E-state index is -0.866. The molecule has 1 amide bonds. The van der Waals surface area contributed by atoms with Gasteiger partial charge in [-0.05, 0) is 30.0 Å². The molecule has 0 unspecified atom stereocenters. The van der Waals surface area contributed by atoms with E-state index in [9.17, 15) is 14.7 Å². The Kier molecular flexibility index (Phi) is 6.54. The van der Waals surface area contributed by atoms with Crippen molar-refractivity contribution in [3.8, 4) is 0 Å². The van der Waals surface area contributed by atoms with Gasteiger partial charge in [0.05, 0.1) is 19.1 Å². The van der Waals surface area contributed by atoms with Gasteiger partial charge in [-0.3, -0.25) is 9.69 Å². The van der Waals surface area contributed by atoms with Gasteiger partial charge >= 0.3 is 12.1 Å². The van der Waals surface area contributed by atoms with Crippen molar-refractivity contribution in [1.82, 2.24) is 9.80 Å². The van der Waals surface area contributed by atoms with E-state index in [0.29, 0.717) is 26.1 Å². The fourth-order valence-electron chi connectivity index (χ4n) is 4.07. The van der Waals surface area contributed by atoms with E-state index in [1.165, 1.54) is 7.11 Å². The van der Waals surface area contributed by atoms with E-state index in [1.807, 2.05) is 61.5 Å². The van der Waals surface area contributed by atoms with Gasteiger partial charge in [-0.2, -0.15) is 0 Å². The van der Waals surface area contributed by atoms with Crippen molar-refractivity contribution >= 4 is 12.1 Å². The van der Waals surface area contributed by atoms with Crippen LogP contribution in [0.1, 0.15) is 23.6 Å². The predicted octanol–water partition coefficient (Wildman–Crippen LogP) is 3.20. The first-order chi connectivity index (χ1) is 13.9. The molecule has 1 heterocycles. The summed E-state index contributed by atoms with van der Waals surface area (Å²) in [4.78, 5) is 27.1. The Morgan fingerprint density at radius 2 is 1.66 bits per heavy atom. The molecule has 1 saturated heterocycles. The van der Waals surface area contributed by atoms with Crippen LogP contribution in [0.4, 0.5) is 4.79 Å². The van der Waals surface area contributed by atoms with Gasteiger partial charge in [0.2, 0.25) is 0 Å². The summed E-state index contributed by atoms with van der Waals surface area (Å²) >= 11 is 0. The Labute approximate surface area is 171 Å². The zero-order chi connectivity index (χ0) is 20.9. The van der Waals surface area contributed by atoms with E-state index < -0.39 is 11.6 Å². The SMILES string of the molecule is COC(=O)Cc1ccc(CN2CCN(C(=O)O)[C@](C)(Cc3ccccc3)C2)cc1. The van der Waals surface area contributed by atoms with Gasteiger partial charge in [-0.15, -0.1) is 0 Å². The smallest absolute Gasteiger partial charge is 0.407 e. The number of nitrogens with zero attached hydrogens (tertiary/aromatic N) is 2. The number of piperazine rings is 1. The Morgan fingerprint density at radius 1 is 1.00 bits per heavy atom. The third-order valence-electron chi connectivity index (χ3n) is 5.52. The van der Waals surface area contributed by atoms with E-state index >= 15 is 0 Å². The van der Waals surface area contributed by atoms with Crippen LogP contribution < -0.4 is 0 Å². The maximum atomic E-state index is 11.8. The van der Waals surface area contributed by atoms with E-state index in [4.69, 9.17) is 4.74 Å². The summed E-state index contributed by atoms with van der Waals surface area (Å²) in [5, 5.41) is 9.72. The van der Waals surface area contributed by atoms with Crippen molar-refractivity contribution in [3.63, 3.8) is 0 Å². The van der Waals surface area contributed by atoms with Crippen molar-refractivity contribution in [3.05, 3.63) is 71.3 Å². The highest BCUT2D eigenvalue weighted by molar-refractivity contribution is 5.72. The molecule has 0 saturated carbocycles. The Bertz CT molecular complexity index is 838. The van der Waals surface area contributed by atoms with E-state index in [-0.39, 0.29) is 12.4 Å². The fourth-order valence-corrected chi connectivity index (χ4v) is 4.07. The molecule has 1 fully saturated rings. The maximum absolute atomic E-state index is 11.8. The van der Waals surface area contributed by atoms with E-state index in [1.54, 1.807) is 4.90 Å². The van der Waals surface area contributed by atoms with Crippen LogP contribution in [-0.2, 0) is 28.9 Å². The van der Waals surface area contributed by atoms with E-state index in [0.717, 1.165) is 23.2 Å². The second kappa shape index (κ2) is 9.09. The highest BCUT2D eigenvalue weighted by atomic mass is 16.5. The molecule has 154 valence electrons. The molecule has 6 nitrogen and oxygen atoms in total. The fraction of sp³-hybridized carbons (Fsp3) is 0.391. The minimum Gasteiger partial charge on any atom is -0.469 e. The number of ether oxygens (including phenoxy) is 1. The third kappa shape index (κ3) is 5.35. The molecule has 2 aromatic carbocycles. The second-order valence-electron chi connectivity index (χ2n) is 7.87. The molecule has 2 aromatic rings. The molecule has 1 aliphatic heterocycles. The topological polar surface area (TPSA) is 70.1 Å². The standard InChI is InChI=1S/C23H28N2O4/c1-23(15-19-6-4-3-5-7-19)17-24(12-13-25(23)22(27)28)16-20-10-8-18(9-11-20)14-21(26)29-2/h3-11H,12-17H2,1-2H3,(H,27,28)/t23-/m1/s1. The van der Waals surface area contributed by atoms with Crippen LogP contribution in [0.5, 0.6) is 0 Å². The Balaban J connectivity index is 1.69. The summed E-state index contributed by atoms with van der Waals surface area (Å²) in [7, 11) is 1.39. The van der Waals surface area contributed by atoms with Crippen LogP contribution in [-0.4, -0.2) is 59.3 Å². The van der Waals surface area contributed by atoms with Crippen molar-refractivity contribution < 1.29 is 19.4 Å². The molecule has 0 aliphatic carbocycles.